The molecule has 0 saturated carbocycles. The van der Waals surface area contributed by atoms with Gasteiger partial charge in [0.15, 0.2) is 0 Å². The molecule has 3 heterocycles. The highest BCUT2D eigenvalue weighted by Crippen LogP contribution is 2.21. The van der Waals surface area contributed by atoms with E-state index >= 15 is 0 Å². The number of nitrogens with one attached hydrogen (secondary N) is 3. The molecule has 2 aromatic carbocycles. The van der Waals surface area contributed by atoms with Crippen LogP contribution in [0.25, 0.3) is 11.0 Å². The number of rotatable bonds is 5. The van der Waals surface area contributed by atoms with Crippen molar-refractivity contribution in [2.24, 2.45) is 5.92 Å². The Kier molecular flexibility index (Phi) is 10.4. The summed E-state index contributed by atoms with van der Waals surface area (Å²) in [6.07, 6.45) is 2.66. The zero-order valence-corrected chi connectivity index (χ0v) is 25.8. The van der Waals surface area contributed by atoms with Gasteiger partial charge in [0.25, 0.3) is 11.5 Å². The highest BCUT2D eigenvalue weighted by Gasteiger charge is 2.25. The minimum atomic E-state index is -0.901. The van der Waals surface area contributed by atoms with Crippen LogP contribution in [-0.4, -0.2) is 79.9 Å². The third-order valence-electron chi connectivity index (χ3n) is 7.60. The second kappa shape index (κ2) is 14.8. The van der Waals surface area contributed by atoms with Crippen LogP contribution in [0.15, 0.2) is 53.5 Å². The van der Waals surface area contributed by atoms with E-state index in [4.69, 9.17) is 4.74 Å². The zero-order chi connectivity index (χ0) is 32.6. The molecule has 0 radical (unpaired) electrons. The van der Waals surface area contributed by atoms with Crippen molar-refractivity contribution < 1.29 is 23.5 Å². The van der Waals surface area contributed by atoms with Gasteiger partial charge in [0.1, 0.15) is 29.9 Å². The second-order valence-electron chi connectivity index (χ2n) is 11.6. The Morgan fingerprint density at radius 2 is 1.93 bits per heavy atom. The van der Waals surface area contributed by atoms with Gasteiger partial charge in [-0.15, -0.1) is 5.10 Å². The summed E-state index contributed by atoms with van der Waals surface area (Å²) in [5.41, 5.74) is 1.79. The van der Waals surface area contributed by atoms with Crippen LogP contribution in [0, 0.1) is 11.7 Å². The Morgan fingerprint density at radius 1 is 1.11 bits per heavy atom. The van der Waals surface area contributed by atoms with E-state index in [1.807, 2.05) is 19.9 Å². The molecule has 3 amide bonds. The highest BCUT2D eigenvalue weighted by atomic mass is 19.1. The maximum atomic E-state index is 14.2. The van der Waals surface area contributed by atoms with Crippen LogP contribution in [0.3, 0.4) is 0 Å². The molecule has 13 nitrogen and oxygen atoms in total. The molecule has 1 atom stereocenters. The fraction of sp³-hybridized carbons (Fsp3) is 0.406. The number of hydrogen-bond acceptors (Lipinski definition) is 8. The van der Waals surface area contributed by atoms with Crippen LogP contribution < -0.4 is 20.9 Å². The average molecular weight is 633 g/mol. The quantitative estimate of drug-likeness (QED) is 0.301. The van der Waals surface area contributed by atoms with Crippen molar-refractivity contribution >= 4 is 28.8 Å². The molecule has 2 aromatic heterocycles. The summed E-state index contributed by atoms with van der Waals surface area (Å²) in [5.74, 6) is -1.66. The van der Waals surface area contributed by atoms with Crippen molar-refractivity contribution in [1.82, 2.24) is 40.5 Å². The number of aromatic amines is 1. The lowest BCUT2D eigenvalue weighted by atomic mass is 10.0. The number of aryl methyl sites for hydroxylation is 1. The molecular formula is C32H37FN8O5. The Labute approximate surface area is 264 Å². The normalized spacial score (nSPS) is 16.6. The lowest BCUT2D eigenvalue weighted by Gasteiger charge is -2.24. The number of benzene rings is 2. The SMILES string of the molecule is CC(C)C[C@H]1NC(=O)c2cc(F)ccc2OCCn2cc(nn2)CCN(C(=O)CCc2nc3ccccc3[nH]c2=O)CCNC1=O. The van der Waals surface area contributed by atoms with Gasteiger partial charge in [0.2, 0.25) is 11.8 Å². The molecule has 1 aliphatic rings. The zero-order valence-electron chi connectivity index (χ0n) is 25.8. The number of H-pyrrole nitrogens is 1. The fourth-order valence-corrected chi connectivity index (χ4v) is 5.22. The number of para-hydroxylation sites is 2. The van der Waals surface area contributed by atoms with Gasteiger partial charge in [0.05, 0.1) is 28.8 Å². The molecule has 4 aromatic rings. The van der Waals surface area contributed by atoms with Gasteiger partial charge in [-0.2, -0.15) is 0 Å². The maximum Gasteiger partial charge on any atom is 0.270 e. The van der Waals surface area contributed by atoms with Crippen LogP contribution in [-0.2, 0) is 29.0 Å². The van der Waals surface area contributed by atoms with E-state index in [2.05, 4.69) is 30.9 Å². The topological polar surface area (TPSA) is 164 Å². The summed E-state index contributed by atoms with van der Waals surface area (Å²) in [6, 6.07) is 9.94. The van der Waals surface area contributed by atoms with Crippen LogP contribution in [0.5, 0.6) is 5.75 Å². The lowest BCUT2D eigenvalue weighted by Crippen LogP contribution is -2.49. The highest BCUT2D eigenvalue weighted by molar-refractivity contribution is 5.99. The third-order valence-corrected chi connectivity index (χ3v) is 7.60. The van der Waals surface area contributed by atoms with E-state index < -0.39 is 23.7 Å². The summed E-state index contributed by atoms with van der Waals surface area (Å²) in [7, 11) is 0. The number of nitrogens with zero attached hydrogens (tertiary/aromatic N) is 5. The number of ether oxygens (including phenoxy) is 1. The van der Waals surface area contributed by atoms with Gasteiger partial charge in [-0.3, -0.25) is 19.2 Å². The molecule has 242 valence electrons. The van der Waals surface area contributed by atoms with Crippen molar-refractivity contribution in [2.45, 2.75) is 52.1 Å². The molecule has 3 N–H and O–H groups in total. The first kappa shape index (κ1) is 32.3. The molecule has 0 saturated heterocycles. The number of aromatic nitrogens is 5. The van der Waals surface area contributed by atoms with Crippen LogP contribution in [0.2, 0.25) is 0 Å². The molecule has 46 heavy (non-hydrogen) atoms. The minimum Gasteiger partial charge on any atom is -0.491 e. The first-order valence-electron chi connectivity index (χ1n) is 15.3. The van der Waals surface area contributed by atoms with Gasteiger partial charge in [-0.25, -0.2) is 14.1 Å². The average Bonchev–Trinajstić information content (AvgIpc) is 3.48. The van der Waals surface area contributed by atoms with E-state index in [0.29, 0.717) is 42.7 Å². The Bertz CT molecular complexity index is 1770. The lowest BCUT2D eigenvalue weighted by molar-refractivity contribution is -0.131. The predicted octanol–water partition coefficient (Wildman–Crippen LogP) is 2.01. The summed E-state index contributed by atoms with van der Waals surface area (Å²) in [5, 5.41) is 13.9. The van der Waals surface area contributed by atoms with Crippen molar-refractivity contribution in [3.63, 3.8) is 0 Å². The van der Waals surface area contributed by atoms with E-state index in [1.165, 1.54) is 12.1 Å². The third kappa shape index (κ3) is 8.31. The summed E-state index contributed by atoms with van der Waals surface area (Å²) in [4.78, 5) is 61.4. The molecule has 0 fully saturated rings. The first-order chi connectivity index (χ1) is 22.2. The van der Waals surface area contributed by atoms with E-state index in [9.17, 15) is 23.6 Å². The monoisotopic (exact) mass is 632 g/mol. The van der Waals surface area contributed by atoms with E-state index in [0.717, 1.165) is 6.07 Å². The minimum absolute atomic E-state index is 0.0292. The number of carbonyl (C=O) groups excluding carboxylic acids is 3. The summed E-state index contributed by atoms with van der Waals surface area (Å²) >= 11 is 0. The maximum absolute atomic E-state index is 14.2. The number of fused-ring (bicyclic) bond motifs is 4. The molecule has 0 unspecified atom stereocenters. The molecule has 2 bridgehead atoms. The van der Waals surface area contributed by atoms with Gasteiger partial charge in [-0.05, 0) is 42.7 Å². The van der Waals surface area contributed by atoms with Crippen molar-refractivity contribution in [3.05, 3.63) is 81.8 Å². The van der Waals surface area contributed by atoms with Crippen molar-refractivity contribution in [1.29, 1.82) is 0 Å². The van der Waals surface area contributed by atoms with Gasteiger partial charge in [-0.1, -0.05) is 31.2 Å². The molecular weight excluding hydrogens is 595 g/mol. The smallest absolute Gasteiger partial charge is 0.270 e. The molecule has 0 spiro atoms. The first-order valence-corrected chi connectivity index (χ1v) is 15.3. The van der Waals surface area contributed by atoms with Gasteiger partial charge < -0.3 is 25.3 Å². The van der Waals surface area contributed by atoms with E-state index in [1.54, 1.807) is 34.0 Å². The fourth-order valence-electron chi connectivity index (χ4n) is 5.22. The number of amides is 3. The van der Waals surface area contributed by atoms with Gasteiger partial charge in [0, 0.05) is 45.1 Å². The summed E-state index contributed by atoms with van der Waals surface area (Å²) < 4.78 is 21.6. The standard InChI is InChI=1S/C32H37FN8O5/c1-20(2)17-27-31(44)34-12-14-40(29(42)10-8-26-32(45)36-25-6-4-3-5-24(25)35-26)13-11-22-19-41(39-38-22)15-16-46-28-9-7-21(33)18-23(28)30(43)37-27/h3-7,9,18-20,27H,8,10-17H2,1-2H3,(H,34,44)(H,36,45)(H,37,43)/t27-/m1/s1. The Morgan fingerprint density at radius 3 is 2.76 bits per heavy atom. The number of carbonyl (C=O) groups is 3. The Balaban J connectivity index is 1.33. The Hall–Kier alpha value is -5.14. The van der Waals surface area contributed by atoms with Crippen LogP contribution >= 0.6 is 0 Å². The molecule has 14 heteroatoms. The molecule has 1 aliphatic heterocycles. The van der Waals surface area contributed by atoms with Crippen molar-refractivity contribution in [3.8, 4) is 5.75 Å². The molecule has 5 rings (SSSR count). The van der Waals surface area contributed by atoms with Crippen molar-refractivity contribution in [2.75, 3.05) is 26.2 Å². The predicted molar refractivity (Wildman–Crippen MR) is 167 cm³/mol. The van der Waals surface area contributed by atoms with Crippen LogP contribution in [0.1, 0.15) is 48.4 Å². The number of hydrogen-bond donors (Lipinski definition) is 3. The van der Waals surface area contributed by atoms with Gasteiger partial charge >= 0.3 is 0 Å². The largest absolute Gasteiger partial charge is 0.491 e. The summed E-state index contributed by atoms with van der Waals surface area (Å²) in [6.45, 7) is 4.88. The number of halogens is 1. The second-order valence-corrected chi connectivity index (χ2v) is 11.6. The van der Waals surface area contributed by atoms with E-state index in [-0.39, 0.29) is 66.9 Å². The van der Waals surface area contributed by atoms with Crippen LogP contribution in [0.4, 0.5) is 4.39 Å². The molecule has 0 aliphatic carbocycles.